The van der Waals surface area contributed by atoms with Gasteiger partial charge in [0.05, 0.1) is 13.3 Å². The Morgan fingerprint density at radius 1 is 1.18 bits per heavy atom. The smallest absolute Gasteiger partial charge is 0.180 e. The molecular formula is C16H16FN3OS. The predicted octanol–water partition coefficient (Wildman–Crippen LogP) is 3.42. The van der Waals surface area contributed by atoms with E-state index >= 15 is 0 Å². The molecule has 4 nitrogen and oxygen atoms in total. The maximum atomic E-state index is 12.8. The van der Waals surface area contributed by atoms with Crippen LogP contribution < -0.4 is 10.5 Å². The van der Waals surface area contributed by atoms with Crippen LogP contribution in [-0.2, 0) is 5.75 Å². The van der Waals surface area contributed by atoms with Gasteiger partial charge in [0.25, 0.3) is 0 Å². The van der Waals surface area contributed by atoms with E-state index in [0.717, 1.165) is 16.9 Å². The molecule has 0 unspecified atom stereocenters. The number of hydrogen-bond donors (Lipinski definition) is 1. The lowest BCUT2D eigenvalue weighted by Crippen LogP contribution is -2.06. The lowest BCUT2D eigenvalue weighted by Gasteiger charge is -2.00. The molecule has 2 aromatic carbocycles. The minimum absolute atomic E-state index is 0.250. The van der Waals surface area contributed by atoms with Crippen molar-refractivity contribution >= 4 is 23.1 Å². The van der Waals surface area contributed by atoms with Gasteiger partial charge in [-0.25, -0.2) is 4.39 Å². The molecule has 0 spiro atoms. The van der Waals surface area contributed by atoms with Crippen LogP contribution in [0, 0.1) is 5.82 Å². The van der Waals surface area contributed by atoms with Crippen molar-refractivity contribution in [3.8, 4) is 5.75 Å². The molecular weight excluding hydrogens is 301 g/mol. The highest BCUT2D eigenvalue weighted by Gasteiger charge is 1.97. The number of rotatable bonds is 5. The van der Waals surface area contributed by atoms with Gasteiger partial charge in [0, 0.05) is 5.75 Å². The fourth-order valence-corrected chi connectivity index (χ4v) is 2.22. The minimum atomic E-state index is -0.250. The van der Waals surface area contributed by atoms with E-state index in [1.807, 2.05) is 24.3 Å². The maximum Gasteiger partial charge on any atom is 0.180 e. The SMILES string of the molecule is COc1ccc(C=NN=C(N)SCc2ccc(F)cc2)cc1. The molecule has 6 heteroatoms. The van der Waals surface area contributed by atoms with E-state index in [1.54, 1.807) is 25.5 Å². The Labute approximate surface area is 132 Å². The van der Waals surface area contributed by atoms with Crippen LogP contribution in [0.3, 0.4) is 0 Å². The van der Waals surface area contributed by atoms with Crippen molar-refractivity contribution in [2.24, 2.45) is 15.9 Å². The number of amidine groups is 1. The summed E-state index contributed by atoms with van der Waals surface area (Å²) in [6.07, 6.45) is 1.62. The zero-order valence-corrected chi connectivity index (χ0v) is 12.9. The van der Waals surface area contributed by atoms with Gasteiger partial charge >= 0.3 is 0 Å². The van der Waals surface area contributed by atoms with Crippen LogP contribution in [-0.4, -0.2) is 18.5 Å². The fraction of sp³-hybridized carbons (Fsp3) is 0.125. The number of thioether (sulfide) groups is 1. The van der Waals surface area contributed by atoms with Crippen molar-refractivity contribution in [1.82, 2.24) is 0 Å². The molecule has 0 fully saturated rings. The number of nitrogens with two attached hydrogens (primary N) is 1. The van der Waals surface area contributed by atoms with Gasteiger partial charge in [-0.3, -0.25) is 0 Å². The summed E-state index contributed by atoms with van der Waals surface area (Å²) >= 11 is 1.35. The first-order chi connectivity index (χ1) is 10.7. The van der Waals surface area contributed by atoms with Crippen molar-refractivity contribution in [2.75, 3.05) is 7.11 Å². The maximum absolute atomic E-state index is 12.8. The summed E-state index contributed by atoms with van der Waals surface area (Å²) < 4.78 is 17.9. The number of hydrogen-bond acceptors (Lipinski definition) is 4. The molecule has 0 atom stereocenters. The molecule has 0 aliphatic carbocycles. The van der Waals surface area contributed by atoms with E-state index in [2.05, 4.69) is 10.2 Å². The summed E-state index contributed by atoms with van der Waals surface area (Å²) in [5.74, 6) is 1.16. The van der Waals surface area contributed by atoms with Crippen LogP contribution in [0.5, 0.6) is 5.75 Å². The predicted molar refractivity (Wildman–Crippen MR) is 89.9 cm³/mol. The summed E-state index contributed by atoms with van der Waals surface area (Å²) in [4.78, 5) is 0. The minimum Gasteiger partial charge on any atom is -0.497 e. The standard InChI is InChI=1S/C16H16FN3OS/c1-21-15-8-4-12(5-9-15)10-19-20-16(18)22-11-13-2-6-14(17)7-3-13/h2-10H,11H2,1H3,(H2,18,20). The Balaban J connectivity index is 1.85. The van der Waals surface area contributed by atoms with Crippen molar-refractivity contribution < 1.29 is 9.13 Å². The molecule has 0 heterocycles. The summed E-state index contributed by atoms with van der Waals surface area (Å²) in [5.41, 5.74) is 7.65. The first kappa shape index (κ1) is 16.0. The zero-order valence-electron chi connectivity index (χ0n) is 12.1. The van der Waals surface area contributed by atoms with Crippen molar-refractivity contribution in [3.05, 3.63) is 65.5 Å². The van der Waals surface area contributed by atoms with Gasteiger partial charge in [0.1, 0.15) is 11.6 Å². The van der Waals surface area contributed by atoms with Crippen LogP contribution >= 0.6 is 11.8 Å². The van der Waals surface area contributed by atoms with Gasteiger partial charge in [-0.05, 0) is 47.5 Å². The lowest BCUT2D eigenvalue weighted by molar-refractivity contribution is 0.415. The van der Waals surface area contributed by atoms with Crippen LogP contribution in [0.25, 0.3) is 0 Å². The Hall–Kier alpha value is -2.34. The summed E-state index contributed by atoms with van der Waals surface area (Å²) in [5, 5.41) is 8.21. The number of halogens is 1. The third-order valence-electron chi connectivity index (χ3n) is 2.78. The molecule has 0 aromatic heterocycles. The van der Waals surface area contributed by atoms with Crippen LogP contribution in [0.4, 0.5) is 4.39 Å². The molecule has 114 valence electrons. The van der Waals surface area contributed by atoms with E-state index in [-0.39, 0.29) is 5.82 Å². The number of ether oxygens (including phenoxy) is 1. The van der Waals surface area contributed by atoms with Gasteiger partial charge in [-0.1, -0.05) is 23.9 Å². The van der Waals surface area contributed by atoms with Gasteiger partial charge in [-0.2, -0.15) is 5.10 Å². The molecule has 0 radical (unpaired) electrons. The molecule has 0 aliphatic heterocycles. The molecule has 2 rings (SSSR count). The lowest BCUT2D eigenvalue weighted by atomic mass is 10.2. The third-order valence-corrected chi connectivity index (χ3v) is 3.63. The first-order valence-corrected chi connectivity index (χ1v) is 7.54. The van der Waals surface area contributed by atoms with Crippen LogP contribution in [0.15, 0.2) is 58.7 Å². The van der Waals surface area contributed by atoms with Crippen molar-refractivity contribution in [1.29, 1.82) is 0 Å². The largest absolute Gasteiger partial charge is 0.497 e. The van der Waals surface area contributed by atoms with Crippen molar-refractivity contribution in [2.45, 2.75) is 5.75 Å². The fourth-order valence-electron chi connectivity index (χ4n) is 1.61. The zero-order chi connectivity index (χ0) is 15.8. The molecule has 22 heavy (non-hydrogen) atoms. The van der Waals surface area contributed by atoms with Gasteiger partial charge in [-0.15, -0.1) is 5.10 Å². The Bertz CT molecular complexity index is 654. The molecule has 0 aliphatic rings. The molecule has 0 saturated heterocycles. The van der Waals surface area contributed by atoms with E-state index in [1.165, 1.54) is 23.9 Å². The summed E-state index contributed by atoms with van der Waals surface area (Å²) in [6, 6.07) is 13.7. The van der Waals surface area contributed by atoms with E-state index < -0.39 is 0 Å². The summed E-state index contributed by atoms with van der Waals surface area (Å²) in [6.45, 7) is 0. The Morgan fingerprint density at radius 3 is 2.50 bits per heavy atom. The summed E-state index contributed by atoms with van der Waals surface area (Å²) in [7, 11) is 1.62. The van der Waals surface area contributed by atoms with Crippen LogP contribution in [0.2, 0.25) is 0 Å². The second kappa shape index (κ2) is 8.19. The van der Waals surface area contributed by atoms with E-state index in [9.17, 15) is 4.39 Å². The van der Waals surface area contributed by atoms with E-state index in [0.29, 0.717) is 10.9 Å². The van der Waals surface area contributed by atoms with E-state index in [4.69, 9.17) is 10.5 Å². The number of nitrogens with zero attached hydrogens (tertiary/aromatic N) is 2. The number of methoxy groups -OCH3 is 1. The number of benzene rings is 2. The third kappa shape index (κ3) is 5.21. The van der Waals surface area contributed by atoms with Gasteiger partial charge in [0.15, 0.2) is 5.17 Å². The monoisotopic (exact) mass is 317 g/mol. The first-order valence-electron chi connectivity index (χ1n) is 6.55. The highest BCUT2D eigenvalue weighted by Crippen LogP contribution is 2.13. The Morgan fingerprint density at radius 2 is 1.86 bits per heavy atom. The second-order valence-corrected chi connectivity index (χ2v) is 5.37. The molecule has 0 bridgehead atoms. The van der Waals surface area contributed by atoms with Gasteiger partial charge in [0.2, 0.25) is 0 Å². The highest BCUT2D eigenvalue weighted by atomic mass is 32.2. The van der Waals surface area contributed by atoms with Gasteiger partial charge < -0.3 is 10.5 Å². The molecule has 2 N–H and O–H groups in total. The van der Waals surface area contributed by atoms with Crippen molar-refractivity contribution in [3.63, 3.8) is 0 Å². The molecule has 2 aromatic rings. The highest BCUT2D eigenvalue weighted by molar-refractivity contribution is 8.13. The Kier molecular flexibility index (Phi) is 5.97. The second-order valence-electron chi connectivity index (χ2n) is 4.37. The molecule has 0 amide bonds. The average molecular weight is 317 g/mol. The van der Waals surface area contributed by atoms with Crippen LogP contribution in [0.1, 0.15) is 11.1 Å². The average Bonchev–Trinajstić information content (AvgIpc) is 2.55. The normalized spacial score (nSPS) is 11.8. The molecule has 0 saturated carbocycles. The topological polar surface area (TPSA) is 60.0 Å². The quantitative estimate of drug-likeness (QED) is 0.522.